The third-order valence-corrected chi connectivity index (χ3v) is 3.72. The molecule has 2 aromatic carbocycles. The van der Waals surface area contributed by atoms with Gasteiger partial charge in [-0.25, -0.2) is 4.79 Å². The molecule has 0 heterocycles. The Hall–Kier alpha value is -2.69. The van der Waals surface area contributed by atoms with E-state index < -0.39 is 12.4 Å². The summed E-state index contributed by atoms with van der Waals surface area (Å²) >= 11 is 0. The molecule has 0 aliphatic carbocycles. The van der Waals surface area contributed by atoms with Crippen molar-refractivity contribution < 1.29 is 19.0 Å². The van der Waals surface area contributed by atoms with Crippen LogP contribution in [0.2, 0.25) is 0 Å². The number of hydrogen-bond acceptors (Lipinski definition) is 5. The van der Waals surface area contributed by atoms with Gasteiger partial charge in [-0.2, -0.15) is 0 Å². The Labute approximate surface area is 142 Å². The first-order valence-electron chi connectivity index (χ1n) is 7.90. The zero-order valence-corrected chi connectivity index (χ0v) is 14.5. The Morgan fingerprint density at radius 1 is 1.12 bits per heavy atom. The summed E-state index contributed by atoms with van der Waals surface area (Å²) in [4.78, 5) is 14.0. The molecule has 0 bridgehead atoms. The molecular weight excluding hydrogens is 306 g/mol. The second-order valence-corrected chi connectivity index (χ2v) is 5.32. The van der Waals surface area contributed by atoms with E-state index in [9.17, 15) is 4.79 Å². The zero-order valence-electron chi connectivity index (χ0n) is 14.5. The summed E-state index contributed by atoms with van der Waals surface area (Å²) in [5.74, 6) is 1.21. The minimum absolute atomic E-state index is 0.454. The van der Waals surface area contributed by atoms with Crippen LogP contribution in [-0.4, -0.2) is 26.0 Å². The molecule has 24 heavy (non-hydrogen) atoms. The van der Waals surface area contributed by atoms with Crippen LogP contribution in [0.1, 0.15) is 19.4 Å². The molecule has 2 aromatic rings. The maximum Gasteiger partial charge on any atom is 0.515 e. The van der Waals surface area contributed by atoms with E-state index in [1.807, 2.05) is 49.9 Å². The Morgan fingerprint density at radius 3 is 2.46 bits per heavy atom. The average molecular weight is 329 g/mol. The van der Waals surface area contributed by atoms with E-state index >= 15 is 0 Å². The SMILES string of the molecule is CCN(c1cc(OC)ccc1C)C(C)OC(=O)Oc1ccccc1. The number of benzene rings is 2. The molecule has 2 rings (SSSR count). The number of methoxy groups -OCH3 is 1. The van der Waals surface area contributed by atoms with Crippen molar-refractivity contribution >= 4 is 11.8 Å². The van der Waals surface area contributed by atoms with E-state index in [0.29, 0.717) is 12.3 Å². The molecule has 5 heteroatoms. The van der Waals surface area contributed by atoms with Gasteiger partial charge < -0.3 is 19.1 Å². The van der Waals surface area contributed by atoms with Crippen LogP contribution in [0.15, 0.2) is 48.5 Å². The second kappa shape index (κ2) is 8.24. The van der Waals surface area contributed by atoms with Gasteiger partial charge in [0.1, 0.15) is 11.5 Å². The lowest BCUT2D eigenvalue weighted by Crippen LogP contribution is -2.37. The summed E-state index contributed by atoms with van der Waals surface area (Å²) in [6.45, 7) is 6.50. The first kappa shape index (κ1) is 17.7. The molecule has 1 atom stereocenters. The van der Waals surface area contributed by atoms with Crippen LogP contribution >= 0.6 is 0 Å². The largest absolute Gasteiger partial charge is 0.515 e. The lowest BCUT2D eigenvalue weighted by molar-refractivity contribution is 0.0645. The van der Waals surface area contributed by atoms with Gasteiger partial charge in [0, 0.05) is 18.3 Å². The molecule has 0 spiro atoms. The van der Waals surface area contributed by atoms with Crippen molar-refractivity contribution in [2.24, 2.45) is 0 Å². The highest BCUT2D eigenvalue weighted by Crippen LogP contribution is 2.27. The van der Waals surface area contributed by atoms with Gasteiger partial charge in [-0.15, -0.1) is 0 Å². The quantitative estimate of drug-likeness (QED) is 0.447. The normalized spacial score (nSPS) is 11.5. The first-order valence-corrected chi connectivity index (χ1v) is 7.90. The predicted octanol–water partition coefficient (Wildman–Crippen LogP) is 4.39. The highest BCUT2D eigenvalue weighted by molar-refractivity contribution is 5.65. The van der Waals surface area contributed by atoms with Gasteiger partial charge in [0.2, 0.25) is 0 Å². The van der Waals surface area contributed by atoms with Crippen LogP contribution in [0.5, 0.6) is 11.5 Å². The molecule has 1 unspecified atom stereocenters. The van der Waals surface area contributed by atoms with Crippen LogP contribution in [0.3, 0.4) is 0 Å². The molecule has 0 amide bonds. The van der Waals surface area contributed by atoms with Gasteiger partial charge in [-0.1, -0.05) is 24.3 Å². The van der Waals surface area contributed by atoms with Crippen molar-refractivity contribution in [1.82, 2.24) is 0 Å². The molecule has 128 valence electrons. The van der Waals surface area contributed by atoms with Crippen molar-refractivity contribution in [3.05, 3.63) is 54.1 Å². The molecule has 0 fully saturated rings. The number of rotatable bonds is 6. The maximum atomic E-state index is 12.0. The highest BCUT2D eigenvalue weighted by atomic mass is 16.7. The molecule has 0 aliphatic heterocycles. The molecule has 0 aliphatic rings. The molecule has 0 saturated carbocycles. The van der Waals surface area contributed by atoms with Gasteiger partial charge in [-0.05, 0) is 44.5 Å². The summed E-state index contributed by atoms with van der Waals surface area (Å²) in [7, 11) is 1.63. The van der Waals surface area contributed by atoms with E-state index in [2.05, 4.69) is 0 Å². The fourth-order valence-corrected chi connectivity index (χ4v) is 2.46. The van der Waals surface area contributed by atoms with Crippen LogP contribution in [0.25, 0.3) is 0 Å². The molecule has 0 N–H and O–H groups in total. The summed E-state index contributed by atoms with van der Waals surface area (Å²) in [6, 6.07) is 14.7. The zero-order chi connectivity index (χ0) is 17.5. The minimum atomic E-state index is -0.729. The molecule has 0 radical (unpaired) electrons. The summed E-state index contributed by atoms with van der Waals surface area (Å²) in [5, 5.41) is 0. The number of carbonyl (C=O) groups excluding carboxylic acids is 1. The van der Waals surface area contributed by atoms with Gasteiger partial charge >= 0.3 is 6.16 Å². The maximum absolute atomic E-state index is 12.0. The summed E-state index contributed by atoms with van der Waals surface area (Å²) < 4.78 is 15.9. The van der Waals surface area contributed by atoms with Crippen LogP contribution in [0.4, 0.5) is 10.5 Å². The lowest BCUT2D eigenvalue weighted by atomic mass is 10.1. The number of anilines is 1. The monoisotopic (exact) mass is 329 g/mol. The number of nitrogens with zero attached hydrogens (tertiary/aromatic N) is 1. The number of hydrogen-bond donors (Lipinski definition) is 0. The van der Waals surface area contributed by atoms with Crippen molar-refractivity contribution in [3.8, 4) is 11.5 Å². The third kappa shape index (κ3) is 4.41. The Bertz CT molecular complexity index is 672. The van der Waals surface area contributed by atoms with Crippen molar-refractivity contribution in [2.75, 3.05) is 18.6 Å². The highest BCUT2D eigenvalue weighted by Gasteiger charge is 2.20. The smallest absolute Gasteiger partial charge is 0.497 e. The molecule has 0 aromatic heterocycles. The predicted molar refractivity (Wildman–Crippen MR) is 93.8 cm³/mol. The van der Waals surface area contributed by atoms with E-state index in [4.69, 9.17) is 14.2 Å². The van der Waals surface area contributed by atoms with E-state index in [0.717, 1.165) is 17.0 Å². The summed E-state index contributed by atoms with van der Waals surface area (Å²) in [5.41, 5.74) is 2.03. The minimum Gasteiger partial charge on any atom is -0.497 e. The van der Waals surface area contributed by atoms with Gasteiger partial charge in [0.05, 0.1) is 7.11 Å². The molecular formula is C19H23NO4. The number of para-hydroxylation sites is 1. The van der Waals surface area contributed by atoms with E-state index in [1.165, 1.54) is 0 Å². The second-order valence-electron chi connectivity index (χ2n) is 5.32. The Balaban J connectivity index is 2.08. The number of carbonyl (C=O) groups is 1. The standard InChI is InChI=1S/C19H23NO4/c1-5-20(18-13-17(22-4)12-11-14(18)2)15(3)23-19(21)24-16-9-7-6-8-10-16/h6-13,15H,5H2,1-4H3. The first-order chi connectivity index (χ1) is 11.5. The van der Waals surface area contributed by atoms with Crippen molar-refractivity contribution in [3.63, 3.8) is 0 Å². The van der Waals surface area contributed by atoms with Crippen molar-refractivity contribution in [2.45, 2.75) is 27.0 Å². The van der Waals surface area contributed by atoms with E-state index in [1.54, 1.807) is 31.4 Å². The average Bonchev–Trinajstić information content (AvgIpc) is 2.58. The fourth-order valence-electron chi connectivity index (χ4n) is 2.46. The fraction of sp³-hybridized carbons (Fsp3) is 0.316. The van der Waals surface area contributed by atoms with Crippen molar-refractivity contribution in [1.29, 1.82) is 0 Å². The lowest BCUT2D eigenvalue weighted by Gasteiger charge is -2.30. The topological polar surface area (TPSA) is 48.0 Å². The number of aryl methyl sites for hydroxylation is 1. The molecule has 5 nitrogen and oxygen atoms in total. The van der Waals surface area contributed by atoms with Crippen LogP contribution in [-0.2, 0) is 4.74 Å². The Morgan fingerprint density at radius 2 is 1.83 bits per heavy atom. The molecule has 0 saturated heterocycles. The van der Waals surface area contributed by atoms with Crippen LogP contribution in [0, 0.1) is 6.92 Å². The Kier molecular flexibility index (Phi) is 6.07. The van der Waals surface area contributed by atoms with Gasteiger partial charge in [-0.3, -0.25) is 0 Å². The van der Waals surface area contributed by atoms with E-state index in [-0.39, 0.29) is 0 Å². The van der Waals surface area contributed by atoms with Gasteiger partial charge in [0.25, 0.3) is 0 Å². The summed E-state index contributed by atoms with van der Waals surface area (Å²) in [6.07, 6.45) is -1.20. The van der Waals surface area contributed by atoms with Gasteiger partial charge in [0.15, 0.2) is 6.23 Å². The van der Waals surface area contributed by atoms with Crippen LogP contribution < -0.4 is 14.4 Å². The number of ether oxygens (including phenoxy) is 3. The third-order valence-electron chi connectivity index (χ3n) is 3.72.